The highest BCUT2D eigenvalue weighted by atomic mass is 16.5. The van der Waals surface area contributed by atoms with E-state index in [2.05, 4.69) is 5.32 Å². The number of aromatic hydroxyl groups is 1. The molecule has 1 fully saturated rings. The standard InChI is InChI=1S/C12H13NO5/c14-8-3-1-2-7(6-8)13-11(15)9-4-5-10(18-9)12(16)17/h1-3,6,9-10,14H,4-5H2,(H,13,15)(H,16,17). The van der Waals surface area contributed by atoms with Crippen LogP contribution < -0.4 is 5.32 Å². The summed E-state index contributed by atoms with van der Waals surface area (Å²) in [4.78, 5) is 22.5. The third-order valence-corrected chi connectivity index (χ3v) is 2.70. The number of anilines is 1. The highest BCUT2D eigenvalue weighted by Gasteiger charge is 2.34. The van der Waals surface area contributed by atoms with Gasteiger partial charge in [0.1, 0.15) is 11.9 Å². The van der Waals surface area contributed by atoms with Gasteiger partial charge in [0, 0.05) is 11.8 Å². The van der Waals surface area contributed by atoms with Crippen LogP contribution in [0.25, 0.3) is 0 Å². The van der Waals surface area contributed by atoms with E-state index in [-0.39, 0.29) is 5.75 Å². The largest absolute Gasteiger partial charge is 0.508 e. The van der Waals surface area contributed by atoms with Crippen LogP contribution in [0.3, 0.4) is 0 Å². The number of benzene rings is 1. The topological polar surface area (TPSA) is 95.9 Å². The molecule has 6 heteroatoms. The predicted molar refractivity (Wildman–Crippen MR) is 62.3 cm³/mol. The molecule has 0 spiro atoms. The molecule has 2 rings (SSSR count). The predicted octanol–water partition coefficient (Wildman–Crippen LogP) is 0.963. The Morgan fingerprint density at radius 1 is 1.28 bits per heavy atom. The van der Waals surface area contributed by atoms with Crippen LogP contribution in [-0.2, 0) is 14.3 Å². The molecule has 18 heavy (non-hydrogen) atoms. The number of amides is 1. The quantitative estimate of drug-likeness (QED) is 0.743. The third kappa shape index (κ3) is 2.78. The minimum absolute atomic E-state index is 0.0450. The average Bonchev–Trinajstić information content (AvgIpc) is 2.78. The molecule has 1 aliphatic rings. The Bertz CT molecular complexity index is 473. The van der Waals surface area contributed by atoms with Gasteiger partial charge in [-0.15, -0.1) is 0 Å². The number of hydrogen-bond donors (Lipinski definition) is 3. The van der Waals surface area contributed by atoms with Gasteiger partial charge in [0.05, 0.1) is 0 Å². The number of rotatable bonds is 3. The summed E-state index contributed by atoms with van der Waals surface area (Å²) in [6, 6.07) is 6.12. The van der Waals surface area contributed by atoms with E-state index in [1.807, 2.05) is 0 Å². The van der Waals surface area contributed by atoms with Gasteiger partial charge in [0.15, 0.2) is 6.10 Å². The number of aliphatic carboxylic acids is 1. The summed E-state index contributed by atoms with van der Waals surface area (Å²) in [6.07, 6.45) is -0.965. The molecule has 2 atom stereocenters. The molecule has 2 unspecified atom stereocenters. The first kappa shape index (κ1) is 12.4. The van der Waals surface area contributed by atoms with Crippen molar-refractivity contribution >= 4 is 17.6 Å². The zero-order chi connectivity index (χ0) is 13.1. The van der Waals surface area contributed by atoms with Crippen LogP contribution in [0.15, 0.2) is 24.3 Å². The summed E-state index contributed by atoms with van der Waals surface area (Å²) >= 11 is 0. The fourth-order valence-electron chi connectivity index (χ4n) is 1.82. The lowest BCUT2D eigenvalue weighted by molar-refractivity contribution is -0.150. The Morgan fingerprint density at radius 2 is 2.00 bits per heavy atom. The molecule has 6 nitrogen and oxygen atoms in total. The first-order chi connectivity index (χ1) is 8.56. The molecule has 1 heterocycles. The monoisotopic (exact) mass is 251 g/mol. The van der Waals surface area contributed by atoms with E-state index in [1.165, 1.54) is 12.1 Å². The number of hydrogen-bond acceptors (Lipinski definition) is 4. The van der Waals surface area contributed by atoms with Crippen LogP contribution >= 0.6 is 0 Å². The Morgan fingerprint density at radius 3 is 2.61 bits per heavy atom. The van der Waals surface area contributed by atoms with E-state index in [0.717, 1.165) is 0 Å². The maximum absolute atomic E-state index is 11.8. The van der Waals surface area contributed by atoms with Crippen LogP contribution in [0.2, 0.25) is 0 Å². The van der Waals surface area contributed by atoms with Crippen LogP contribution in [0.4, 0.5) is 5.69 Å². The van der Waals surface area contributed by atoms with Gasteiger partial charge < -0.3 is 20.3 Å². The number of phenolic OH excluding ortho intramolecular Hbond substituents is 1. The van der Waals surface area contributed by atoms with Crippen molar-refractivity contribution < 1.29 is 24.5 Å². The molecule has 0 aromatic heterocycles. The van der Waals surface area contributed by atoms with E-state index >= 15 is 0 Å². The molecule has 0 bridgehead atoms. The second-order valence-electron chi connectivity index (χ2n) is 4.07. The maximum Gasteiger partial charge on any atom is 0.332 e. The van der Waals surface area contributed by atoms with E-state index in [1.54, 1.807) is 12.1 Å². The lowest BCUT2D eigenvalue weighted by Gasteiger charge is -2.11. The number of carbonyl (C=O) groups excluding carboxylic acids is 1. The van der Waals surface area contributed by atoms with Gasteiger partial charge >= 0.3 is 5.97 Å². The van der Waals surface area contributed by atoms with Crippen LogP contribution in [0, 0.1) is 0 Å². The number of carbonyl (C=O) groups is 2. The zero-order valence-electron chi connectivity index (χ0n) is 9.50. The summed E-state index contributed by atoms with van der Waals surface area (Å²) in [7, 11) is 0. The van der Waals surface area contributed by atoms with Gasteiger partial charge in [-0.1, -0.05) is 6.07 Å². The molecular formula is C12H13NO5. The van der Waals surface area contributed by atoms with Crippen molar-refractivity contribution in [3.63, 3.8) is 0 Å². The highest BCUT2D eigenvalue weighted by Crippen LogP contribution is 2.22. The summed E-state index contributed by atoms with van der Waals surface area (Å²) in [6.45, 7) is 0. The van der Waals surface area contributed by atoms with E-state index in [4.69, 9.17) is 9.84 Å². The molecule has 1 amide bonds. The molecule has 0 aliphatic carbocycles. The van der Waals surface area contributed by atoms with Gasteiger partial charge in [-0.25, -0.2) is 4.79 Å². The van der Waals surface area contributed by atoms with Gasteiger partial charge in [0.2, 0.25) is 0 Å². The normalized spacial score (nSPS) is 22.7. The number of nitrogens with one attached hydrogen (secondary N) is 1. The fraction of sp³-hybridized carbons (Fsp3) is 0.333. The molecule has 1 aromatic rings. The SMILES string of the molecule is O=C(O)C1CCC(C(=O)Nc2cccc(O)c2)O1. The van der Waals surface area contributed by atoms with Crippen molar-refractivity contribution in [3.05, 3.63) is 24.3 Å². The molecular weight excluding hydrogens is 238 g/mol. The van der Waals surface area contributed by atoms with Gasteiger partial charge in [0.25, 0.3) is 5.91 Å². The molecule has 1 aromatic carbocycles. The number of phenols is 1. The number of carboxylic acids is 1. The smallest absolute Gasteiger partial charge is 0.332 e. The van der Waals surface area contributed by atoms with E-state index in [0.29, 0.717) is 18.5 Å². The molecule has 0 saturated carbocycles. The Hall–Kier alpha value is -2.08. The summed E-state index contributed by atoms with van der Waals surface area (Å²) in [5, 5.41) is 20.6. The van der Waals surface area contributed by atoms with Crippen LogP contribution in [-0.4, -0.2) is 34.3 Å². The van der Waals surface area contributed by atoms with Crippen molar-refractivity contribution in [2.45, 2.75) is 25.0 Å². The average molecular weight is 251 g/mol. The summed E-state index contributed by atoms with van der Waals surface area (Å²) in [5.41, 5.74) is 0.447. The Balaban J connectivity index is 1.95. The third-order valence-electron chi connectivity index (χ3n) is 2.70. The van der Waals surface area contributed by atoms with Crippen molar-refractivity contribution in [1.82, 2.24) is 0 Å². The molecule has 1 saturated heterocycles. The summed E-state index contributed by atoms with van der Waals surface area (Å²) in [5.74, 6) is -1.41. The zero-order valence-corrected chi connectivity index (χ0v) is 9.50. The molecule has 1 aliphatic heterocycles. The number of carboxylic acid groups (broad SMARTS) is 1. The maximum atomic E-state index is 11.8. The number of ether oxygens (including phenoxy) is 1. The van der Waals surface area contributed by atoms with Crippen molar-refractivity contribution in [2.24, 2.45) is 0 Å². The molecule has 0 radical (unpaired) electrons. The second kappa shape index (κ2) is 5.05. The Labute approximate surface area is 103 Å². The van der Waals surface area contributed by atoms with Gasteiger partial charge in [-0.3, -0.25) is 4.79 Å². The van der Waals surface area contributed by atoms with E-state index in [9.17, 15) is 14.7 Å². The minimum atomic E-state index is -1.05. The van der Waals surface area contributed by atoms with Crippen molar-refractivity contribution in [2.75, 3.05) is 5.32 Å². The lowest BCUT2D eigenvalue weighted by atomic mass is 10.2. The van der Waals surface area contributed by atoms with Gasteiger partial charge in [-0.2, -0.15) is 0 Å². The lowest BCUT2D eigenvalue weighted by Crippen LogP contribution is -2.29. The van der Waals surface area contributed by atoms with Crippen LogP contribution in [0.5, 0.6) is 5.75 Å². The minimum Gasteiger partial charge on any atom is -0.508 e. The summed E-state index contributed by atoms with van der Waals surface area (Å²) < 4.78 is 5.11. The van der Waals surface area contributed by atoms with Crippen molar-refractivity contribution in [3.8, 4) is 5.75 Å². The Kier molecular flexibility index (Phi) is 3.47. The van der Waals surface area contributed by atoms with Gasteiger partial charge in [-0.05, 0) is 25.0 Å². The van der Waals surface area contributed by atoms with Crippen molar-refractivity contribution in [1.29, 1.82) is 0 Å². The molecule has 96 valence electrons. The first-order valence-electron chi connectivity index (χ1n) is 5.54. The first-order valence-corrected chi connectivity index (χ1v) is 5.54. The molecule has 3 N–H and O–H groups in total. The fourth-order valence-corrected chi connectivity index (χ4v) is 1.82. The second-order valence-corrected chi connectivity index (χ2v) is 4.07. The van der Waals surface area contributed by atoms with Crippen LogP contribution in [0.1, 0.15) is 12.8 Å². The highest BCUT2D eigenvalue weighted by molar-refractivity contribution is 5.94. The van der Waals surface area contributed by atoms with E-state index < -0.39 is 24.1 Å².